The van der Waals surface area contributed by atoms with E-state index in [0.717, 1.165) is 43.6 Å². The third kappa shape index (κ3) is 4.31. The molecule has 0 aliphatic carbocycles. The van der Waals surface area contributed by atoms with Crippen molar-refractivity contribution in [3.05, 3.63) is 56.0 Å². The van der Waals surface area contributed by atoms with E-state index < -0.39 is 0 Å². The molecule has 0 saturated heterocycles. The molecular weight excluding hydrogens is 394 g/mol. The molecule has 0 heterocycles. The van der Waals surface area contributed by atoms with Gasteiger partial charge in [-0.3, -0.25) is 0 Å². The van der Waals surface area contributed by atoms with Gasteiger partial charge in [0.25, 0.3) is 0 Å². The van der Waals surface area contributed by atoms with Gasteiger partial charge in [-0.2, -0.15) is 0 Å². The highest BCUT2D eigenvalue weighted by Crippen LogP contribution is 2.32. The predicted octanol–water partition coefficient (Wildman–Crippen LogP) is 5.51. The number of benzene rings is 2. The molecule has 21 heavy (non-hydrogen) atoms. The van der Waals surface area contributed by atoms with Crippen LogP contribution in [0.15, 0.2) is 39.3 Å². The molecule has 2 nitrogen and oxygen atoms in total. The van der Waals surface area contributed by atoms with E-state index in [0.29, 0.717) is 0 Å². The SMILES string of the molecule is Cc1cc(Oc2ccc(Br)cc2CC(C)N)cc(C)c1Br. The minimum Gasteiger partial charge on any atom is -0.457 e. The quantitative estimate of drug-likeness (QED) is 0.718. The van der Waals surface area contributed by atoms with Gasteiger partial charge in [0.05, 0.1) is 0 Å². The fraction of sp³-hybridized carbons (Fsp3) is 0.294. The molecular formula is C17H19Br2NO. The Labute approximate surface area is 143 Å². The summed E-state index contributed by atoms with van der Waals surface area (Å²) in [6.07, 6.45) is 0.781. The van der Waals surface area contributed by atoms with Crippen LogP contribution in [0.3, 0.4) is 0 Å². The molecule has 0 aromatic heterocycles. The molecule has 0 amide bonds. The summed E-state index contributed by atoms with van der Waals surface area (Å²) in [5, 5.41) is 0. The van der Waals surface area contributed by atoms with Crippen molar-refractivity contribution in [1.82, 2.24) is 0 Å². The van der Waals surface area contributed by atoms with Crippen molar-refractivity contribution in [3.63, 3.8) is 0 Å². The van der Waals surface area contributed by atoms with E-state index in [9.17, 15) is 0 Å². The molecule has 2 rings (SSSR count). The number of nitrogens with two attached hydrogens (primary N) is 1. The van der Waals surface area contributed by atoms with Gasteiger partial charge in [-0.05, 0) is 74.2 Å². The first-order valence-corrected chi connectivity index (χ1v) is 8.44. The summed E-state index contributed by atoms with van der Waals surface area (Å²) in [7, 11) is 0. The van der Waals surface area contributed by atoms with Gasteiger partial charge in [0.1, 0.15) is 11.5 Å². The van der Waals surface area contributed by atoms with E-state index in [1.54, 1.807) is 0 Å². The Balaban J connectivity index is 2.35. The van der Waals surface area contributed by atoms with Crippen molar-refractivity contribution in [3.8, 4) is 11.5 Å². The zero-order valence-electron chi connectivity index (χ0n) is 12.4. The highest BCUT2D eigenvalue weighted by molar-refractivity contribution is 9.10. The van der Waals surface area contributed by atoms with E-state index in [4.69, 9.17) is 10.5 Å². The van der Waals surface area contributed by atoms with E-state index in [1.165, 1.54) is 0 Å². The van der Waals surface area contributed by atoms with Gasteiger partial charge >= 0.3 is 0 Å². The minimum absolute atomic E-state index is 0.0926. The summed E-state index contributed by atoms with van der Waals surface area (Å²) in [4.78, 5) is 0. The number of hydrogen-bond donors (Lipinski definition) is 1. The second-order valence-corrected chi connectivity index (χ2v) is 7.12. The normalized spacial score (nSPS) is 12.3. The maximum Gasteiger partial charge on any atom is 0.130 e. The molecule has 2 aromatic carbocycles. The number of hydrogen-bond acceptors (Lipinski definition) is 2. The van der Waals surface area contributed by atoms with Crippen LogP contribution in [0, 0.1) is 13.8 Å². The lowest BCUT2D eigenvalue weighted by atomic mass is 10.1. The van der Waals surface area contributed by atoms with E-state index in [2.05, 4.69) is 51.8 Å². The first-order chi connectivity index (χ1) is 9.86. The van der Waals surface area contributed by atoms with Gasteiger partial charge in [0.2, 0.25) is 0 Å². The van der Waals surface area contributed by atoms with E-state index in [1.807, 2.05) is 31.2 Å². The van der Waals surface area contributed by atoms with Crippen LogP contribution in [-0.4, -0.2) is 6.04 Å². The van der Waals surface area contributed by atoms with Crippen molar-refractivity contribution < 1.29 is 4.74 Å². The lowest BCUT2D eigenvalue weighted by Crippen LogP contribution is -2.18. The molecule has 1 atom stereocenters. The number of halogens is 2. The van der Waals surface area contributed by atoms with Crippen molar-refractivity contribution >= 4 is 31.9 Å². The lowest BCUT2D eigenvalue weighted by Gasteiger charge is -2.15. The Morgan fingerprint density at radius 2 is 1.71 bits per heavy atom. The average molecular weight is 413 g/mol. The zero-order chi connectivity index (χ0) is 15.6. The summed E-state index contributed by atoms with van der Waals surface area (Å²) in [6, 6.07) is 10.2. The molecule has 0 bridgehead atoms. The highest BCUT2D eigenvalue weighted by Gasteiger charge is 2.10. The molecule has 2 N–H and O–H groups in total. The molecule has 0 aliphatic heterocycles. The monoisotopic (exact) mass is 411 g/mol. The Morgan fingerprint density at radius 1 is 1.10 bits per heavy atom. The smallest absolute Gasteiger partial charge is 0.130 e. The molecule has 0 radical (unpaired) electrons. The molecule has 0 aliphatic rings. The fourth-order valence-corrected chi connectivity index (χ4v) is 2.88. The first-order valence-electron chi connectivity index (χ1n) is 6.85. The molecule has 0 saturated carbocycles. The van der Waals surface area contributed by atoms with E-state index >= 15 is 0 Å². The lowest BCUT2D eigenvalue weighted by molar-refractivity contribution is 0.473. The minimum atomic E-state index is 0.0926. The highest BCUT2D eigenvalue weighted by atomic mass is 79.9. The van der Waals surface area contributed by atoms with Crippen LogP contribution in [0.2, 0.25) is 0 Å². The van der Waals surface area contributed by atoms with Crippen molar-refractivity contribution in [1.29, 1.82) is 0 Å². The largest absolute Gasteiger partial charge is 0.457 e. The van der Waals surface area contributed by atoms with Crippen LogP contribution in [0.25, 0.3) is 0 Å². The number of rotatable bonds is 4. The van der Waals surface area contributed by atoms with Crippen LogP contribution < -0.4 is 10.5 Å². The predicted molar refractivity (Wildman–Crippen MR) is 95.2 cm³/mol. The van der Waals surface area contributed by atoms with Crippen molar-refractivity contribution in [2.75, 3.05) is 0 Å². The Kier molecular flexibility index (Phi) is 5.47. The summed E-state index contributed by atoms with van der Waals surface area (Å²) < 4.78 is 8.25. The standard InChI is InChI=1S/C17H19Br2NO/c1-10-6-15(7-11(2)17(10)19)21-16-5-4-14(18)9-13(16)8-12(3)20/h4-7,9,12H,8,20H2,1-3H3. The van der Waals surface area contributed by atoms with Crippen molar-refractivity contribution in [2.45, 2.75) is 33.2 Å². The topological polar surface area (TPSA) is 35.2 Å². The molecule has 112 valence electrons. The zero-order valence-corrected chi connectivity index (χ0v) is 15.6. The summed E-state index contributed by atoms with van der Waals surface area (Å²) in [5.74, 6) is 1.71. The van der Waals surface area contributed by atoms with Crippen molar-refractivity contribution in [2.24, 2.45) is 5.73 Å². The molecule has 2 aromatic rings. The third-order valence-electron chi connectivity index (χ3n) is 3.20. The van der Waals surface area contributed by atoms with Crippen LogP contribution >= 0.6 is 31.9 Å². The van der Waals surface area contributed by atoms with Crippen LogP contribution in [0.1, 0.15) is 23.6 Å². The van der Waals surface area contributed by atoms with Gasteiger partial charge in [-0.25, -0.2) is 0 Å². The number of ether oxygens (including phenoxy) is 1. The van der Waals surface area contributed by atoms with Gasteiger partial charge in [0.15, 0.2) is 0 Å². The second kappa shape index (κ2) is 6.95. The summed E-state index contributed by atoms with van der Waals surface area (Å²) >= 11 is 7.08. The number of aryl methyl sites for hydroxylation is 2. The third-order valence-corrected chi connectivity index (χ3v) is 4.95. The average Bonchev–Trinajstić information content (AvgIpc) is 2.38. The van der Waals surface area contributed by atoms with Gasteiger partial charge in [-0.15, -0.1) is 0 Å². The van der Waals surface area contributed by atoms with Crippen LogP contribution in [-0.2, 0) is 6.42 Å². The Bertz CT molecular complexity index is 630. The Morgan fingerprint density at radius 3 is 2.29 bits per heavy atom. The fourth-order valence-electron chi connectivity index (χ4n) is 2.25. The second-order valence-electron chi connectivity index (χ2n) is 5.41. The van der Waals surface area contributed by atoms with Crippen LogP contribution in [0.4, 0.5) is 0 Å². The van der Waals surface area contributed by atoms with Crippen LogP contribution in [0.5, 0.6) is 11.5 Å². The summed E-state index contributed by atoms with van der Waals surface area (Å²) in [5.41, 5.74) is 9.36. The maximum absolute atomic E-state index is 6.08. The van der Waals surface area contributed by atoms with Gasteiger partial charge in [0, 0.05) is 15.0 Å². The molecule has 0 fully saturated rings. The van der Waals surface area contributed by atoms with Gasteiger partial charge in [-0.1, -0.05) is 31.9 Å². The van der Waals surface area contributed by atoms with E-state index in [-0.39, 0.29) is 6.04 Å². The van der Waals surface area contributed by atoms with Gasteiger partial charge < -0.3 is 10.5 Å². The first kappa shape index (κ1) is 16.5. The molecule has 1 unspecified atom stereocenters. The molecule has 4 heteroatoms. The maximum atomic E-state index is 6.08. The molecule has 0 spiro atoms. The Hall–Kier alpha value is -0.840. The summed E-state index contributed by atoms with van der Waals surface area (Å²) in [6.45, 7) is 6.13.